The highest BCUT2D eigenvalue weighted by atomic mass is 35.5. The topological polar surface area (TPSA) is 30.5 Å². The standard InChI is InChI=1S/C17H20ClNO2/c1-2-19-13-14-3-7-16(8-4-14)20-11-12-21-17-9-5-15(18)6-10-17/h3-10,19H,2,11-13H2,1H3. The van der Waals surface area contributed by atoms with Gasteiger partial charge in [-0.3, -0.25) is 0 Å². The molecule has 0 amide bonds. The van der Waals surface area contributed by atoms with E-state index in [2.05, 4.69) is 24.4 Å². The van der Waals surface area contributed by atoms with Crippen LogP contribution >= 0.6 is 11.6 Å². The van der Waals surface area contributed by atoms with Gasteiger partial charge in [-0.1, -0.05) is 30.7 Å². The molecule has 2 aromatic carbocycles. The van der Waals surface area contributed by atoms with Crippen LogP contribution < -0.4 is 14.8 Å². The first kappa shape index (κ1) is 15.7. The molecule has 4 heteroatoms. The van der Waals surface area contributed by atoms with Crippen molar-refractivity contribution in [3.05, 3.63) is 59.1 Å². The summed E-state index contributed by atoms with van der Waals surface area (Å²) in [4.78, 5) is 0. The Morgan fingerprint density at radius 1 is 0.857 bits per heavy atom. The van der Waals surface area contributed by atoms with Gasteiger partial charge in [0.1, 0.15) is 24.7 Å². The Kier molecular flexibility index (Phi) is 6.38. The van der Waals surface area contributed by atoms with Crippen LogP contribution in [0.15, 0.2) is 48.5 Å². The van der Waals surface area contributed by atoms with Crippen molar-refractivity contribution in [3.8, 4) is 11.5 Å². The first-order chi connectivity index (χ1) is 10.3. The fourth-order valence-electron chi connectivity index (χ4n) is 1.82. The lowest BCUT2D eigenvalue weighted by molar-refractivity contribution is 0.217. The van der Waals surface area contributed by atoms with Crippen LogP contribution in [0.3, 0.4) is 0 Å². The Morgan fingerprint density at radius 2 is 1.38 bits per heavy atom. The molecule has 3 nitrogen and oxygen atoms in total. The van der Waals surface area contributed by atoms with Crippen LogP contribution in [-0.2, 0) is 6.54 Å². The summed E-state index contributed by atoms with van der Waals surface area (Å²) in [5.74, 6) is 1.65. The predicted octanol–water partition coefficient (Wildman–Crippen LogP) is 3.91. The SMILES string of the molecule is CCNCc1ccc(OCCOc2ccc(Cl)cc2)cc1. The van der Waals surface area contributed by atoms with Crippen molar-refractivity contribution < 1.29 is 9.47 Å². The van der Waals surface area contributed by atoms with E-state index in [1.807, 2.05) is 24.3 Å². The average molecular weight is 306 g/mol. The zero-order chi connectivity index (χ0) is 14.9. The molecule has 112 valence electrons. The molecule has 0 heterocycles. The van der Waals surface area contributed by atoms with Crippen molar-refractivity contribution in [2.75, 3.05) is 19.8 Å². The maximum absolute atomic E-state index is 5.81. The zero-order valence-corrected chi connectivity index (χ0v) is 12.9. The smallest absolute Gasteiger partial charge is 0.122 e. The fraction of sp³-hybridized carbons (Fsp3) is 0.294. The fourth-order valence-corrected chi connectivity index (χ4v) is 1.95. The highest BCUT2D eigenvalue weighted by Crippen LogP contribution is 2.16. The van der Waals surface area contributed by atoms with Gasteiger partial charge in [-0.05, 0) is 48.5 Å². The summed E-state index contributed by atoms with van der Waals surface area (Å²) < 4.78 is 11.2. The van der Waals surface area contributed by atoms with Gasteiger partial charge in [-0.25, -0.2) is 0 Å². The Hall–Kier alpha value is -1.71. The van der Waals surface area contributed by atoms with E-state index >= 15 is 0 Å². The van der Waals surface area contributed by atoms with Gasteiger partial charge in [0.15, 0.2) is 0 Å². The van der Waals surface area contributed by atoms with Gasteiger partial charge in [-0.15, -0.1) is 0 Å². The molecule has 2 aromatic rings. The van der Waals surface area contributed by atoms with Crippen LogP contribution in [0.4, 0.5) is 0 Å². The molecular weight excluding hydrogens is 286 g/mol. The van der Waals surface area contributed by atoms with E-state index in [-0.39, 0.29) is 0 Å². The molecule has 0 aromatic heterocycles. The van der Waals surface area contributed by atoms with E-state index in [1.165, 1.54) is 5.56 Å². The molecule has 0 atom stereocenters. The summed E-state index contributed by atoms with van der Waals surface area (Å²) in [5.41, 5.74) is 1.25. The van der Waals surface area contributed by atoms with Gasteiger partial charge < -0.3 is 14.8 Å². The summed E-state index contributed by atoms with van der Waals surface area (Å²) in [6, 6.07) is 15.4. The maximum Gasteiger partial charge on any atom is 0.122 e. The Morgan fingerprint density at radius 3 is 1.90 bits per heavy atom. The lowest BCUT2D eigenvalue weighted by Crippen LogP contribution is -2.11. The number of ether oxygens (including phenoxy) is 2. The van der Waals surface area contributed by atoms with Gasteiger partial charge >= 0.3 is 0 Å². The number of hydrogen-bond acceptors (Lipinski definition) is 3. The third kappa shape index (κ3) is 5.66. The molecule has 2 rings (SSSR count). The van der Waals surface area contributed by atoms with E-state index in [0.29, 0.717) is 18.2 Å². The highest BCUT2D eigenvalue weighted by molar-refractivity contribution is 6.30. The average Bonchev–Trinajstić information content (AvgIpc) is 2.52. The van der Waals surface area contributed by atoms with Crippen LogP contribution in [0.25, 0.3) is 0 Å². The number of halogens is 1. The minimum atomic E-state index is 0.501. The van der Waals surface area contributed by atoms with Crippen LogP contribution in [0.1, 0.15) is 12.5 Å². The molecule has 0 radical (unpaired) electrons. The molecule has 0 fully saturated rings. The third-order valence-corrected chi connectivity index (χ3v) is 3.19. The lowest BCUT2D eigenvalue weighted by Gasteiger charge is -2.09. The summed E-state index contributed by atoms with van der Waals surface area (Å²) in [5, 5.41) is 3.99. The van der Waals surface area contributed by atoms with E-state index in [9.17, 15) is 0 Å². The Bertz CT molecular complexity index is 525. The molecule has 0 aliphatic heterocycles. The van der Waals surface area contributed by atoms with Crippen LogP contribution in [0.2, 0.25) is 5.02 Å². The first-order valence-electron chi connectivity index (χ1n) is 7.09. The van der Waals surface area contributed by atoms with Crippen molar-refractivity contribution in [3.63, 3.8) is 0 Å². The summed E-state index contributed by atoms with van der Waals surface area (Å²) in [6.45, 7) is 4.96. The second-order valence-corrected chi connectivity index (χ2v) is 5.01. The lowest BCUT2D eigenvalue weighted by atomic mass is 10.2. The minimum absolute atomic E-state index is 0.501. The second-order valence-electron chi connectivity index (χ2n) is 4.58. The first-order valence-corrected chi connectivity index (χ1v) is 7.46. The van der Waals surface area contributed by atoms with Crippen molar-refractivity contribution in [2.24, 2.45) is 0 Å². The summed E-state index contributed by atoms with van der Waals surface area (Å²) >= 11 is 5.81. The number of hydrogen-bond donors (Lipinski definition) is 1. The van der Waals surface area contributed by atoms with E-state index in [1.54, 1.807) is 12.1 Å². The van der Waals surface area contributed by atoms with E-state index in [4.69, 9.17) is 21.1 Å². The van der Waals surface area contributed by atoms with Crippen molar-refractivity contribution in [1.82, 2.24) is 5.32 Å². The Labute approximate surface area is 130 Å². The van der Waals surface area contributed by atoms with Gasteiger partial charge in [-0.2, -0.15) is 0 Å². The number of benzene rings is 2. The molecule has 0 saturated carbocycles. The van der Waals surface area contributed by atoms with Crippen molar-refractivity contribution in [2.45, 2.75) is 13.5 Å². The van der Waals surface area contributed by atoms with Gasteiger partial charge in [0.25, 0.3) is 0 Å². The predicted molar refractivity (Wildman–Crippen MR) is 86.3 cm³/mol. The molecule has 0 unspecified atom stereocenters. The largest absolute Gasteiger partial charge is 0.490 e. The molecule has 0 aliphatic carbocycles. The Balaban J connectivity index is 1.69. The van der Waals surface area contributed by atoms with Gasteiger partial charge in [0.05, 0.1) is 0 Å². The van der Waals surface area contributed by atoms with Crippen LogP contribution in [0.5, 0.6) is 11.5 Å². The van der Waals surface area contributed by atoms with Crippen LogP contribution in [-0.4, -0.2) is 19.8 Å². The molecule has 0 spiro atoms. The van der Waals surface area contributed by atoms with Crippen LogP contribution in [0, 0.1) is 0 Å². The zero-order valence-electron chi connectivity index (χ0n) is 12.1. The van der Waals surface area contributed by atoms with Gasteiger partial charge in [0.2, 0.25) is 0 Å². The summed E-state index contributed by atoms with van der Waals surface area (Å²) in [6.07, 6.45) is 0. The second kappa shape index (κ2) is 8.55. The molecule has 0 aliphatic rings. The van der Waals surface area contributed by atoms with Crippen molar-refractivity contribution in [1.29, 1.82) is 0 Å². The monoisotopic (exact) mass is 305 g/mol. The molecule has 0 saturated heterocycles. The molecule has 1 N–H and O–H groups in total. The highest BCUT2D eigenvalue weighted by Gasteiger charge is 1.97. The molecule has 0 bridgehead atoms. The summed E-state index contributed by atoms with van der Waals surface area (Å²) in [7, 11) is 0. The quantitative estimate of drug-likeness (QED) is 0.750. The third-order valence-electron chi connectivity index (χ3n) is 2.94. The van der Waals surface area contributed by atoms with E-state index < -0.39 is 0 Å². The minimum Gasteiger partial charge on any atom is -0.490 e. The number of rotatable bonds is 8. The van der Waals surface area contributed by atoms with Gasteiger partial charge in [0, 0.05) is 11.6 Å². The molecule has 21 heavy (non-hydrogen) atoms. The maximum atomic E-state index is 5.81. The molecular formula is C17H20ClNO2. The van der Waals surface area contributed by atoms with Crippen molar-refractivity contribution >= 4 is 11.6 Å². The number of nitrogens with one attached hydrogen (secondary N) is 1. The van der Waals surface area contributed by atoms with E-state index in [0.717, 1.165) is 24.6 Å². The normalized spacial score (nSPS) is 10.4.